The van der Waals surface area contributed by atoms with Gasteiger partial charge in [-0.25, -0.2) is 4.79 Å². The Morgan fingerprint density at radius 3 is 2.03 bits per heavy atom. The number of hydrogen-bond acceptors (Lipinski definition) is 5. The Balaban J connectivity index is 1.96. The summed E-state index contributed by atoms with van der Waals surface area (Å²) in [7, 11) is 0. The lowest BCUT2D eigenvalue weighted by molar-refractivity contribution is -0.130. The highest BCUT2D eigenvalue weighted by molar-refractivity contribution is 5.91. The summed E-state index contributed by atoms with van der Waals surface area (Å²) in [6, 6.07) is 15.7. The summed E-state index contributed by atoms with van der Waals surface area (Å²) in [5.74, 6) is -1.46. The third-order valence-corrected chi connectivity index (χ3v) is 4.19. The van der Waals surface area contributed by atoms with E-state index in [4.69, 9.17) is 10.5 Å². The average molecular weight is 399 g/mol. The molecule has 0 spiro atoms. The molecule has 0 aliphatic carbocycles. The topological polar surface area (TPSA) is 131 Å². The van der Waals surface area contributed by atoms with Crippen molar-refractivity contribution in [1.29, 1.82) is 0 Å². The number of benzene rings is 2. The molecule has 2 aromatic rings. The number of alkyl carbamates (subject to hydrolysis) is 1. The first kappa shape index (κ1) is 21.9. The predicted molar refractivity (Wildman–Crippen MR) is 107 cm³/mol. The molecule has 29 heavy (non-hydrogen) atoms. The standard InChI is InChI=1S/C21H25N3O5/c1-14(25)18(24-21(28)29-13-16-10-6-3-7-11-16)20(27)23-17(19(22)26)12-15-8-4-2-5-9-15/h2-11,14,17-18,25H,12-13H2,1H3,(H2,22,26)(H,23,27)(H,24,28). The van der Waals surface area contributed by atoms with Crippen molar-refractivity contribution >= 4 is 17.9 Å². The number of hydrogen-bond donors (Lipinski definition) is 4. The largest absolute Gasteiger partial charge is 0.445 e. The van der Waals surface area contributed by atoms with Crippen molar-refractivity contribution in [1.82, 2.24) is 10.6 Å². The van der Waals surface area contributed by atoms with Crippen LogP contribution < -0.4 is 16.4 Å². The minimum Gasteiger partial charge on any atom is -0.445 e. The molecule has 0 aliphatic heterocycles. The summed E-state index contributed by atoms with van der Waals surface area (Å²) >= 11 is 0. The van der Waals surface area contributed by atoms with Crippen LogP contribution in [-0.4, -0.2) is 41.2 Å². The van der Waals surface area contributed by atoms with Crippen molar-refractivity contribution < 1.29 is 24.2 Å². The number of ether oxygens (including phenoxy) is 1. The molecule has 3 atom stereocenters. The molecule has 3 unspecified atom stereocenters. The molecule has 154 valence electrons. The van der Waals surface area contributed by atoms with Gasteiger partial charge < -0.3 is 26.2 Å². The van der Waals surface area contributed by atoms with E-state index in [1.54, 1.807) is 48.5 Å². The summed E-state index contributed by atoms with van der Waals surface area (Å²) in [6.45, 7) is 1.36. The van der Waals surface area contributed by atoms with E-state index in [1.807, 2.05) is 12.1 Å². The molecule has 0 saturated heterocycles. The summed E-state index contributed by atoms with van der Waals surface area (Å²) in [6.07, 6.45) is -1.90. The van der Waals surface area contributed by atoms with Crippen LogP contribution >= 0.6 is 0 Å². The van der Waals surface area contributed by atoms with E-state index in [0.29, 0.717) is 0 Å². The zero-order valence-corrected chi connectivity index (χ0v) is 16.1. The molecule has 2 aromatic carbocycles. The normalized spacial score (nSPS) is 13.6. The van der Waals surface area contributed by atoms with E-state index in [0.717, 1.165) is 11.1 Å². The lowest BCUT2D eigenvalue weighted by atomic mass is 10.0. The molecule has 5 N–H and O–H groups in total. The Morgan fingerprint density at radius 2 is 1.52 bits per heavy atom. The van der Waals surface area contributed by atoms with Crippen LogP contribution in [0.2, 0.25) is 0 Å². The first-order valence-electron chi connectivity index (χ1n) is 9.15. The van der Waals surface area contributed by atoms with Gasteiger partial charge in [-0.05, 0) is 18.1 Å². The Labute approximate surface area is 169 Å². The highest BCUT2D eigenvalue weighted by Crippen LogP contribution is 2.05. The molecule has 0 bridgehead atoms. The molecule has 8 nitrogen and oxygen atoms in total. The Kier molecular flexibility index (Phi) is 8.17. The van der Waals surface area contributed by atoms with E-state index in [9.17, 15) is 19.5 Å². The average Bonchev–Trinajstić information content (AvgIpc) is 2.71. The minimum atomic E-state index is -1.31. The lowest BCUT2D eigenvalue weighted by Crippen LogP contribution is -2.57. The molecule has 0 aliphatic rings. The number of carbonyl (C=O) groups excluding carboxylic acids is 3. The van der Waals surface area contributed by atoms with E-state index >= 15 is 0 Å². The van der Waals surface area contributed by atoms with Crippen molar-refractivity contribution in [2.24, 2.45) is 5.73 Å². The van der Waals surface area contributed by atoms with Gasteiger partial charge in [0.05, 0.1) is 6.10 Å². The van der Waals surface area contributed by atoms with Crippen LogP contribution in [0.3, 0.4) is 0 Å². The molecule has 3 amide bonds. The van der Waals surface area contributed by atoms with Crippen molar-refractivity contribution in [3.05, 3.63) is 71.8 Å². The number of nitrogens with two attached hydrogens (primary N) is 1. The summed E-state index contributed by atoms with van der Waals surface area (Å²) in [5, 5.41) is 14.7. The molecular weight excluding hydrogens is 374 g/mol. The second kappa shape index (κ2) is 10.8. The Bertz CT molecular complexity index is 812. The molecule has 0 aromatic heterocycles. The number of amides is 3. The van der Waals surface area contributed by atoms with Gasteiger partial charge in [-0.1, -0.05) is 60.7 Å². The number of rotatable bonds is 9. The van der Waals surface area contributed by atoms with E-state index < -0.39 is 36.1 Å². The maximum Gasteiger partial charge on any atom is 0.408 e. The zero-order valence-electron chi connectivity index (χ0n) is 16.1. The number of nitrogens with one attached hydrogen (secondary N) is 2. The second-order valence-electron chi connectivity index (χ2n) is 6.58. The van der Waals surface area contributed by atoms with Gasteiger partial charge in [0, 0.05) is 6.42 Å². The molecule has 0 fully saturated rings. The SMILES string of the molecule is CC(O)C(NC(=O)OCc1ccccc1)C(=O)NC(Cc1ccccc1)C(N)=O. The smallest absolute Gasteiger partial charge is 0.408 e. The monoisotopic (exact) mass is 399 g/mol. The lowest BCUT2D eigenvalue weighted by Gasteiger charge is -2.23. The first-order chi connectivity index (χ1) is 13.9. The third kappa shape index (κ3) is 7.27. The van der Waals surface area contributed by atoms with Crippen molar-refractivity contribution in [2.45, 2.75) is 38.1 Å². The fourth-order valence-corrected chi connectivity index (χ4v) is 2.63. The zero-order chi connectivity index (χ0) is 21.2. The highest BCUT2D eigenvalue weighted by atomic mass is 16.5. The van der Waals surface area contributed by atoms with Gasteiger partial charge >= 0.3 is 6.09 Å². The predicted octanol–water partition coefficient (Wildman–Crippen LogP) is 0.875. The van der Waals surface area contributed by atoms with Crippen molar-refractivity contribution in [3.8, 4) is 0 Å². The van der Waals surface area contributed by atoms with Gasteiger partial charge in [0.15, 0.2) is 0 Å². The van der Waals surface area contributed by atoms with Crippen LogP contribution in [0.25, 0.3) is 0 Å². The number of primary amides is 1. The maximum absolute atomic E-state index is 12.6. The van der Waals surface area contributed by atoms with Gasteiger partial charge in [0.25, 0.3) is 0 Å². The number of carbonyl (C=O) groups is 3. The van der Waals surface area contributed by atoms with Crippen LogP contribution in [0, 0.1) is 0 Å². The maximum atomic E-state index is 12.6. The number of aliphatic hydroxyl groups is 1. The molecule has 2 rings (SSSR count). The summed E-state index contributed by atoms with van der Waals surface area (Å²) < 4.78 is 5.07. The Morgan fingerprint density at radius 1 is 0.966 bits per heavy atom. The first-order valence-corrected chi connectivity index (χ1v) is 9.15. The van der Waals surface area contributed by atoms with Crippen LogP contribution in [-0.2, 0) is 27.4 Å². The van der Waals surface area contributed by atoms with Gasteiger partial charge in [-0.15, -0.1) is 0 Å². The van der Waals surface area contributed by atoms with E-state index in [1.165, 1.54) is 6.92 Å². The number of aliphatic hydroxyl groups excluding tert-OH is 1. The van der Waals surface area contributed by atoms with Gasteiger partial charge in [0.1, 0.15) is 18.7 Å². The van der Waals surface area contributed by atoms with Crippen molar-refractivity contribution in [3.63, 3.8) is 0 Å². The van der Waals surface area contributed by atoms with Crippen LogP contribution in [0.15, 0.2) is 60.7 Å². The molecule has 0 saturated carbocycles. The second-order valence-corrected chi connectivity index (χ2v) is 6.58. The fraction of sp³-hybridized carbons (Fsp3) is 0.286. The van der Waals surface area contributed by atoms with Crippen molar-refractivity contribution in [2.75, 3.05) is 0 Å². The molecule has 8 heteroatoms. The van der Waals surface area contributed by atoms with Gasteiger partial charge in [0.2, 0.25) is 11.8 Å². The fourth-order valence-electron chi connectivity index (χ4n) is 2.63. The molecule has 0 radical (unpaired) electrons. The van der Waals surface area contributed by atoms with E-state index in [2.05, 4.69) is 10.6 Å². The minimum absolute atomic E-state index is 0.0126. The summed E-state index contributed by atoms with van der Waals surface area (Å²) in [5.41, 5.74) is 6.98. The Hall–Kier alpha value is -3.39. The van der Waals surface area contributed by atoms with Gasteiger partial charge in [-0.3, -0.25) is 9.59 Å². The van der Waals surface area contributed by atoms with Crippen LogP contribution in [0.4, 0.5) is 4.79 Å². The highest BCUT2D eigenvalue weighted by Gasteiger charge is 2.29. The molecular formula is C21H25N3O5. The molecule has 0 heterocycles. The third-order valence-electron chi connectivity index (χ3n) is 4.19. The van der Waals surface area contributed by atoms with Gasteiger partial charge in [-0.2, -0.15) is 0 Å². The van der Waals surface area contributed by atoms with Crippen LogP contribution in [0.5, 0.6) is 0 Å². The summed E-state index contributed by atoms with van der Waals surface area (Å²) in [4.78, 5) is 36.3. The quantitative estimate of drug-likeness (QED) is 0.497. The van der Waals surface area contributed by atoms with Crippen LogP contribution in [0.1, 0.15) is 18.1 Å². The van der Waals surface area contributed by atoms with E-state index in [-0.39, 0.29) is 13.0 Å².